The Bertz CT molecular complexity index is 3200. The molecule has 0 amide bonds. The summed E-state index contributed by atoms with van der Waals surface area (Å²) in [5.74, 6) is -2.26. The molecule has 65 heavy (non-hydrogen) atoms. The van der Waals surface area contributed by atoms with Crippen LogP contribution in [0.15, 0.2) is 91.0 Å². The van der Waals surface area contributed by atoms with Crippen molar-refractivity contribution in [3.05, 3.63) is 191 Å². The molecule has 0 spiro atoms. The molecule has 0 unspecified atom stereocenters. The van der Waals surface area contributed by atoms with E-state index in [0.29, 0.717) is 39.3 Å². The molecule has 0 saturated heterocycles. The second-order valence-corrected chi connectivity index (χ2v) is 15.6. The van der Waals surface area contributed by atoms with Gasteiger partial charge in [-0.2, -0.15) is 0 Å². The highest BCUT2D eigenvalue weighted by Crippen LogP contribution is 2.39. The summed E-state index contributed by atoms with van der Waals surface area (Å²) >= 11 is 0. The zero-order valence-corrected chi connectivity index (χ0v) is 36.6. The van der Waals surface area contributed by atoms with E-state index in [1.165, 1.54) is 53.2 Å². The van der Waals surface area contributed by atoms with Crippen LogP contribution >= 0.6 is 0 Å². The zero-order valence-electron chi connectivity index (χ0n) is 36.6. The second kappa shape index (κ2) is 17.1. The molecule has 0 fully saturated rings. The smallest absolute Gasteiger partial charge is 0.198 e. The number of carbonyl (C=O) groups excluding carboxylic acids is 9. The monoisotopic (exact) mass is 868 g/mol. The van der Waals surface area contributed by atoms with Crippen LogP contribution in [0.25, 0.3) is 0 Å². The Morgan fingerprint density at radius 2 is 0.662 bits per heavy atom. The van der Waals surface area contributed by atoms with E-state index in [-0.39, 0.29) is 124 Å². The minimum Gasteiger partial charge on any atom is -0.507 e. The molecule has 1 N–H and O–H groups in total. The molecule has 0 atom stereocenters. The van der Waals surface area contributed by atoms with Crippen molar-refractivity contribution in [3.8, 4) is 17.2 Å². The van der Waals surface area contributed by atoms with Crippen molar-refractivity contribution >= 4 is 52.0 Å². The normalized spacial score (nSPS) is 12.7. The van der Waals surface area contributed by atoms with Crippen LogP contribution in [0.1, 0.15) is 164 Å². The third-order valence-corrected chi connectivity index (χ3v) is 11.7. The van der Waals surface area contributed by atoms with E-state index in [2.05, 4.69) is 0 Å². The quantitative estimate of drug-likeness (QED) is 0.162. The SMILES string of the molecule is CC(=O)c1cccc2c1C(=O)c1c(O)ccc(C)c1C2=O.COc1ccc(C)c2c1C(=O)c1c(C(C)=O)cccc1C2=O.COc1ccc(C)c2c1C(=O)c1cccc(C(C)=O)c1C2=O. The van der Waals surface area contributed by atoms with Crippen LogP contribution in [0, 0.1) is 20.8 Å². The van der Waals surface area contributed by atoms with Crippen LogP contribution in [-0.4, -0.2) is 71.4 Å². The van der Waals surface area contributed by atoms with E-state index in [1.807, 2.05) is 0 Å². The highest BCUT2D eigenvalue weighted by Gasteiger charge is 2.38. The first kappa shape index (κ1) is 44.8. The number of hydrogen-bond acceptors (Lipinski definition) is 12. The third kappa shape index (κ3) is 7.28. The molecular formula is C53H40O12. The number of aryl methyl sites for hydroxylation is 3. The van der Waals surface area contributed by atoms with Gasteiger partial charge in [0.2, 0.25) is 0 Å². The summed E-state index contributed by atoms with van der Waals surface area (Å²) in [5.41, 5.74) is 5.41. The molecule has 0 aromatic heterocycles. The van der Waals surface area contributed by atoms with Crippen molar-refractivity contribution in [1.29, 1.82) is 0 Å². The van der Waals surface area contributed by atoms with E-state index in [4.69, 9.17) is 9.47 Å². The topological polar surface area (TPSA) is 192 Å². The maximum Gasteiger partial charge on any atom is 0.198 e. The molecule has 12 heteroatoms. The van der Waals surface area contributed by atoms with Gasteiger partial charge in [0, 0.05) is 66.8 Å². The maximum absolute atomic E-state index is 12.9. The van der Waals surface area contributed by atoms with Gasteiger partial charge in [0.1, 0.15) is 17.2 Å². The molecule has 12 nitrogen and oxygen atoms in total. The number of ether oxygens (including phenoxy) is 2. The molecule has 0 radical (unpaired) electrons. The molecule has 6 aromatic carbocycles. The number of rotatable bonds is 5. The lowest BCUT2D eigenvalue weighted by atomic mass is 9.79. The zero-order chi connectivity index (χ0) is 47.3. The van der Waals surface area contributed by atoms with Crippen LogP contribution in [0.3, 0.4) is 0 Å². The lowest BCUT2D eigenvalue weighted by Crippen LogP contribution is -2.25. The number of aromatic hydroxyl groups is 1. The van der Waals surface area contributed by atoms with Gasteiger partial charge in [-0.3, -0.25) is 43.2 Å². The van der Waals surface area contributed by atoms with Crippen LogP contribution < -0.4 is 9.47 Å². The summed E-state index contributed by atoms with van der Waals surface area (Å²) in [6.07, 6.45) is 0. The molecule has 9 rings (SSSR count). The van der Waals surface area contributed by atoms with Crippen molar-refractivity contribution in [2.24, 2.45) is 0 Å². The van der Waals surface area contributed by atoms with Gasteiger partial charge in [-0.1, -0.05) is 72.8 Å². The van der Waals surface area contributed by atoms with Gasteiger partial charge in [0.05, 0.1) is 30.9 Å². The number of fused-ring (bicyclic) bond motifs is 6. The van der Waals surface area contributed by atoms with Crippen molar-refractivity contribution in [2.45, 2.75) is 41.5 Å². The van der Waals surface area contributed by atoms with Gasteiger partial charge in [0.25, 0.3) is 0 Å². The molecule has 324 valence electrons. The first-order valence-electron chi connectivity index (χ1n) is 20.2. The summed E-state index contributed by atoms with van der Waals surface area (Å²) < 4.78 is 10.5. The predicted molar refractivity (Wildman–Crippen MR) is 238 cm³/mol. The predicted octanol–water partition coefficient (Wildman–Crippen LogP) is 8.64. The molecule has 0 heterocycles. The van der Waals surface area contributed by atoms with Crippen LogP contribution in [-0.2, 0) is 0 Å². The number of hydrogen-bond donors (Lipinski definition) is 1. The van der Waals surface area contributed by atoms with Gasteiger partial charge >= 0.3 is 0 Å². The van der Waals surface area contributed by atoms with E-state index in [9.17, 15) is 48.3 Å². The number of ketones is 9. The largest absolute Gasteiger partial charge is 0.507 e. The molecule has 0 aliphatic heterocycles. The minimum absolute atomic E-state index is 0.0128. The molecule has 0 bridgehead atoms. The fraction of sp³-hybridized carbons (Fsp3) is 0.151. The fourth-order valence-corrected chi connectivity index (χ4v) is 8.59. The Morgan fingerprint density at radius 1 is 0.369 bits per heavy atom. The number of phenolic OH excluding ortho intramolecular Hbond substituents is 1. The van der Waals surface area contributed by atoms with Crippen LogP contribution in [0.4, 0.5) is 0 Å². The molecule has 3 aliphatic rings. The summed E-state index contributed by atoms with van der Waals surface area (Å²) in [7, 11) is 2.92. The van der Waals surface area contributed by atoms with E-state index in [0.717, 1.165) is 0 Å². The van der Waals surface area contributed by atoms with Gasteiger partial charge in [-0.15, -0.1) is 0 Å². The van der Waals surface area contributed by atoms with Crippen molar-refractivity contribution < 1.29 is 57.7 Å². The number of Topliss-reactive ketones (excluding diaryl/α,β-unsaturated/α-hetero) is 3. The van der Waals surface area contributed by atoms with Crippen molar-refractivity contribution in [2.75, 3.05) is 14.2 Å². The first-order valence-corrected chi connectivity index (χ1v) is 20.2. The summed E-state index contributed by atoms with van der Waals surface area (Å²) in [6.45, 7) is 9.38. The van der Waals surface area contributed by atoms with Gasteiger partial charge in [0.15, 0.2) is 52.0 Å². The Labute approximate surface area is 372 Å². The van der Waals surface area contributed by atoms with E-state index < -0.39 is 5.78 Å². The highest BCUT2D eigenvalue weighted by molar-refractivity contribution is 6.34. The van der Waals surface area contributed by atoms with Crippen LogP contribution in [0.5, 0.6) is 17.2 Å². The highest BCUT2D eigenvalue weighted by atomic mass is 16.5. The lowest BCUT2D eigenvalue weighted by Gasteiger charge is -2.22. The third-order valence-electron chi connectivity index (χ3n) is 11.7. The number of carbonyl (C=O) groups is 9. The average Bonchev–Trinajstić information content (AvgIpc) is 3.29. The number of phenols is 1. The van der Waals surface area contributed by atoms with Gasteiger partial charge in [-0.05, 0) is 76.4 Å². The fourth-order valence-electron chi connectivity index (χ4n) is 8.59. The number of benzene rings is 6. The van der Waals surface area contributed by atoms with Gasteiger partial charge < -0.3 is 14.6 Å². The van der Waals surface area contributed by atoms with Crippen LogP contribution in [0.2, 0.25) is 0 Å². The Balaban J connectivity index is 0.000000145. The van der Waals surface area contributed by atoms with Crippen molar-refractivity contribution in [3.63, 3.8) is 0 Å². The summed E-state index contributed by atoms with van der Waals surface area (Å²) in [4.78, 5) is 112. The van der Waals surface area contributed by atoms with Crippen molar-refractivity contribution in [1.82, 2.24) is 0 Å². The molecule has 6 aromatic rings. The molecule has 0 saturated carbocycles. The number of methoxy groups -OCH3 is 2. The standard InChI is InChI=1S/2C18H14O4.C17H12O4/c1-9-7-8-13(22-3)16-14(9)18(21)15-11(10(2)19)5-4-6-12(15)17(16)20;1-9-7-8-13(22-3)16-14(9)17(20)12-6-4-5-11(10(2)19)15(12)18(16)21;1-8-6-7-12(19)15-13(8)16(20)11-5-3-4-10(9(2)18)14(11)17(15)21/h2*4-8H,1-3H3;3-7,19H,1-2H3. The van der Waals surface area contributed by atoms with E-state index >= 15 is 0 Å². The maximum atomic E-state index is 12.9. The lowest BCUT2D eigenvalue weighted by molar-refractivity contribution is 0.0963. The average molecular weight is 869 g/mol. The summed E-state index contributed by atoms with van der Waals surface area (Å²) in [5, 5.41) is 9.97. The second-order valence-electron chi connectivity index (χ2n) is 15.6. The Kier molecular flexibility index (Phi) is 11.8. The Hall–Kier alpha value is -8.25. The Morgan fingerprint density at radius 3 is 1.03 bits per heavy atom. The summed E-state index contributed by atoms with van der Waals surface area (Å²) in [6, 6.07) is 24.0. The van der Waals surface area contributed by atoms with Gasteiger partial charge in [-0.25, -0.2) is 0 Å². The molecule has 3 aliphatic carbocycles. The molecular weight excluding hydrogens is 829 g/mol. The minimum atomic E-state index is -0.480. The first-order chi connectivity index (χ1) is 30.9. The van der Waals surface area contributed by atoms with E-state index in [1.54, 1.807) is 93.6 Å².